The largest absolute Gasteiger partial charge is 0.310 e. The van der Waals surface area contributed by atoms with E-state index in [1.807, 2.05) is 0 Å². The van der Waals surface area contributed by atoms with Crippen molar-refractivity contribution in [2.24, 2.45) is 0 Å². The van der Waals surface area contributed by atoms with Crippen LogP contribution in [-0.4, -0.2) is 0 Å². The van der Waals surface area contributed by atoms with Gasteiger partial charge in [0.25, 0.3) is 0 Å². The van der Waals surface area contributed by atoms with Gasteiger partial charge < -0.3 is 4.90 Å². The molecule has 1 heteroatoms. The van der Waals surface area contributed by atoms with Crippen molar-refractivity contribution in [1.29, 1.82) is 0 Å². The predicted molar refractivity (Wildman–Crippen MR) is 299 cm³/mol. The highest BCUT2D eigenvalue weighted by molar-refractivity contribution is 5.92. The summed E-state index contributed by atoms with van der Waals surface area (Å²) in [4.78, 5) is 2.49. The number of hydrogen-bond donors (Lipinski definition) is 0. The topological polar surface area (TPSA) is 3.24 Å². The fraction of sp³-hybridized carbons (Fsp3) is 0.0704. The van der Waals surface area contributed by atoms with Crippen molar-refractivity contribution < 1.29 is 0 Å². The first-order chi connectivity index (χ1) is 35.5. The third kappa shape index (κ3) is 5.95. The van der Waals surface area contributed by atoms with Crippen LogP contribution in [0.5, 0.6) is 0 Å². The van der Waals surface area contributed by atoms with E-state index in [0.29, 0.717) is 0 Å². The number of rotatable bonds is 8. The average molecular weight is 918 g/mol. The van der Waals surface area contributed by atoms with E-state index in [9.17, 15) is 0 Å². The van der Waals surface area contributed by atoms with Gasteiger partial charge in [-0.1, -0.05) is 231 Å². The highest BCUT2D eigenvalue weighted by Crippen LogP contribution is 2.58. The Bertz CT molecular complexity index is 3690. The highest BCUT2D eigenvalue weighted by Gasteiger charge is 2.47. The van der Waals surface area contributed by atoms with E-state index in [4.69, 9.17) is 0 Å². The molecule has 11 aromatic rings. The number of hydrogen-bond acceptors (Lipinski definition) is 1. The molecule has 0 fully saturated rings. The molecule has 72 heavy (non-hydrogen) atoms. The summed E-state index contributed by atoms with van der Waals surface area (Å²) >= 11 is 0. The number of benzene rings is 11. The van der Waals surface area contributed by atoms with Crippen LogP contribution in [0.15, 0.2) is 273 Å². The lowest BCUT2D eigenvalue weighted by Crippen LogP contribution is -2.28. The molecule has 3 aliphatic carbocycles. The van der Waals surface area contributed by atoms with E-state index in [0.717, 1.165) is 17.1 Å². The molecular weight excluding hydrogens is 867 g/mol. The molecule has 2 atom stereocenters. The Kier molecular flexibility index (Phi) is 9.44. The average Bonchev–Trinajstić information content (AvgIpc) is 4.01. The van der Waals surface area contributed by atoms with Gasteiger partial charge in [0.2, 0.25) is 0 Å². The molecule has 14 rings (SSSR count). The molecule has 0 amide bonds. The van der Waals surface area contributed by atoms with Gasteiger partial charge in [-0.15, -0.1) is 0 Å². The first kappa shape index (κ1) is 42.1. The Morgan fingerprint density at radius 1 is 0.236 bits per heavy atom. The van der Waals surface area contributed by atoms with Crippen molar-refractivity contribution in [3.05, 3.63) is 329 Å². The van der Waals surface area contributed by atoms with Gasteiger partial charge in [-0.3, -0.25) is 0 Å². The van der Waals surface area contributed by atoms with Gasteiger partial charge in [-0.25, -0.2) is 0 Å². The van der Waals surface area contributed by atoms with Gasteiger partial charge in [0.15, 0.2) is 0 Å². The summed E-state index contributed by atoms with van der Waals surface area (Å²) in [6.07, 6.45) is 0. The van der Waals surface area contributed by atoms with E-state index in [-0.39, 0.29) is 10.8 Å². The molecule has 0 N–H and O–H groups in total. The van der Waals surface area contributed by atoms with Crippen LogP contribution < -0.4 is 4.90 Å². The first-order valence-electron chi connectivity index (χ1n) is 25.3. The van der Waals surface area contributed by atoms with Gasteiger partial charge in [-0.2, -0.15) is 0 Å². The molecule has 0 radical (unpaired) electrons. The predicted octanol–water partition coefficient (Wildman–Crippen LogP) is 17.9. The summed E-state index contributed by atoms with van der Waals surface area (Å²) in [5, 5.41) is 0. The monoisotopic (exact) mass is 917 g/mol. The smallest absolute Gasteiger partial charge is 0.0713 e. The second-order valence-corrected chi connectivity index (χ2v) is 20.2. The number of anilines is 3. The molecule has 0 aromatic heterocycles. The minimum atomic E-state index is -0.468. The zero-order chi connectivity index (χ0) is 48.0. The van der Waals surface area contributed by atoms with Crippen LogP contribution in [0.2, 0.25) is 0 Å². The van der Waals surface area contributed by atoms with Crippen molar-refractivity contribution in [2.75, 3.05) is 4.90 Å². The van der Waals surface area contributed by atoms with Crippen LogP contribution in [0.25, 0.3) is 44.5 Å². The maximum absolute atomic E-state index is 2.49. The van der Waals surface area contributed by atoms with Crippen LogP contribution in [0.3, 0.4) is 0 Å². The number of fused-ring (bicyclic) bond motifs is 9. The Morgan fingerprint density at radius 3 is 1.04 bits per heavy atom. The molecule has 340 valence electrons. The van der Waals surface area contributed by atoms with Gasteiger partial charge >= 0.3 is 0 Å². The van der Waals surface area contributed by atoms with Crippen LogP contribution >= 0.6 is 0 Å². The van der Waals surface area contributed by atoms with E-state index >= 15 is 0 Å². The first-order valence-corrected chi connectivity index (χ1v) is 25.3. The molecule has 0 heterocycles. The summed E-state index contributed by atoms with van der Waals surface area (Å²) in [7, 11) is 0. The van der Waals surface area contributed by atoms with Crippen molar-refractivity contribution in [3.8, 4) is 44.5 Å². The minimum absolute atomic E-state index is 0.341. The Labute approximate surface area is 423 Å². The second kappa shape index (κ2) is 16.1. The van der Waals surface area contributed by atoms with Gasteiger partial charge in [-0.05, 0) is 156 Å². The molecule has 2 unspecified atom stereocenters. The lowest BCUT2D eigenvalue weighted by molar-refractivity contribution is 0.713. The summed E-state index contributed by atoms with van der Waals surface area (Å²) in [6.45, 7) is 4.82. The van der Waals surface area contributed by atoms with Crippen LogP contribution in [0.4, 0.5) is 17.1 Å². The van der Waals surface area contributed by atoms with Crippen molar-refractivity contribution in [1.82, 2.24) is 0 Å². The Balaban J connectivity index is 0.946. The van der Waals surface area contributed by atoms with E-state index in [2.05, 4.69) is 292 Å². The zero-order valence-corrected chi connectivity index (χ0v) is 40.4. The normalized spacial score (nSPS) is 17.2. The van der Waals surface area contributed by atoms with E-state index in [1.165, 1.54) is 100 Å². The van der Waals surface area contributed by atoms with Crippen molar-refractivity contribution in [3.63, 3.8) is 0 Å². The lowest BCUT2D eigenvalue weighted by atomic mass is 9.67. The standard InChI is InChI=1S/C71H51N/c1-69(50-21-7-3-8-22-50)63-32-18-15-29-57(63)60-43-40-55(46-66(60)69)72(56-41-44-61-58-30-16-19-33-64(58)70(2,67(61)47-56)51-23-9-4-10-24-51)54-38-35-48(36-39-54)49-37-42-62-59-31-17-20-34-65(59)71(68(62)45-49,52-25-11-5-12-26-52)53-27-13-6-14-28-53/h3-47H,1-2H3. The molecule has 0 aliphatic heterocycles. The fourth-order valence-corrected chi connectivity index (χ4v) is 13.3. The second-order valence-electron chi connectivity index (χ2n) is 20.2. The molecule has 0 spiro atoms. The van der Waals surface area contributed by atoms with E-state index in [1.54, 1.807) is 0 Å². The third-order valence-electron chi connectivity index (χ3n) is 16.7. The number of nitrogens with zero attached hydrogens (tertiary/aromatic N) is 1. The molecule has 3 aliphatic rings. The maximum atomic E-state index is 2.49. The van der Waals surface area contributed by atoms with Gasteiger partial charge in [0, 0.05) is 27.9 Å². The van der Waals surface area contributed by atoms with Gasteiger partial charge in [0.05, 0.1) is 5.41 Å². The molecule has 0 bridgehead atoms. The minimum Gasteiger partial charge on any atom is -0.310 e. The van der Waals surface area contributed by atoms with Gasteiger partial charge in [0.1, 0.15) is 0 Å². The van der Waals surface area contributed by atoms with Crippen LogP contribution in [0.1, 0.15) is 69.5 Å². The fourth-order valence-electron chi connectivity index (χ4n) is 13.3. The quantitative estimate of drug-likeness (QED) is 0.147. The summed E-state index contributed by atoms with van der Waals surface area (Å²) in [5.74, 6) is 0. The lowest BCUT2D eigenvalue weighted by Gasteiger charge is -2.34. The SMILES string of the molecule is CC1(c2ccccc2)c2ccccc2-c2ccc(N(c3ccc(-c4ccc5c(c4)C(c4ccccc4)(c4ccccc4)c4ccccc4-5)cc3)c3ccc4c(c3)C(C)(c3ccccc3)c3ccccc3-4)cc21. The third-order valence-corrected chi connectivity index (χ3v) is 16.7. The molecule has 0 saturated heterocycles. The molecule has 1 nitrogen and oxygen atoms in total. The summed E-state index contributed by atoms with van der Waals surface area (Å²) in [5.41, 5.74) is 25.4. The molecule has 0 saturated carbocycles. The highest BCUT2D eigenvalue weighted by atomic mass is 15.1. The molecule has 11 aromatic carbocycles. The Hall–Kier alpha value is -8.78. The maximum Gasteiger partial charge on any atom is 0.0713 e. The van der Waals surface area contributed by atoms with Crippen molar-refractivity contribution >= 4 is 17.1 Å². The van der Waals surface area contributed by atoms with Crippen molar-refractivity contribution in [2.45, 2.75) is 30.1 Å². The summed E-state index contributed by atoms with van der Waals surface area (Å²) < 4.78 is 0. The Morgan fingerprint density at radius 2 is 0.569 bits per heavy atom. The molecular formula is C71H51N. The zero-order valence-electron chi connectivity index (χ0n) is 40.4. The summed E-state index contributed by atoms with van der Waals surface area (Å²) in [6, 6.07) is 102. The van der Waals surface area contributed by atoms with Crippen LogP contribution in [-0.2, 0) is 16.2 Å². The van der Waals surface area contributed by atoms with Crippen LogP contribution in [0, 0.1) is 0 Å². The van der Waals surface area contributed by atoms with E-state index < -0.39 is 5.41 Å².